The van der Waals surface area contributed by atoms with E-state index in [0.29, 0.717) is 22.9 Å². The third kappa shape index (κ3) is 4.43. The summed E-state index contributed by atoms with van der Waals surface area (Å²) in [6, 6.07) is 10.5. The van der Waals surface area contributed by atoms with Crippen LogP contribution in [0.1, 0.15) is 39.0 Å². The number of fused-ring (bicyclic) bond motifs is 1. The Morgan fingerprint density at radius 2 is 1.70 bits per heavy atom. The van der Waals surface area contributed by atoms with Crippen molar-refractivity contribution in [1.29, 1.82) is 0 Å². The Morgan fingerprint density at radius 3 is 2.36 bits per heavy atom. The van der Waals surface area contributed by atoms with E-state index >= 15 is 0 Å². The number of hydrogen-bond donors (Lipinski definition) is 1. The van der Waals surface area contributed by atoms with E-state index < -0.39 is 18.5 Å². The van der Waals surface area contributed by atoms with Crippen LogP contribution in [0.3, 0.4) is 0 Å². The number of ether oxygens (including phenoxy) is 3. The van der Waals surface area contributed by atoms with Gasteiger partial charge in [0.05, 0.1) is 11.3 Å². The molecule has 9 heteroatoms. The lowest BCUT2D eigenvalue weighted by atomic mass is 10.1. The van der Waals surface area contributed by atoms with Crippen molar-refractivity contribution in [2.24, 2.45) is 0 Å². The molecule has 1 aliphatic heterocycles. The van der Waals surface area contributed by atoms with Crippen molar-refractivity contribution in [3.8, 4) is 17.2 Å². The fourth-order valence-corrected chi connectivity index (χ4v) is 3.69. The molecule has 1 N–H and O–H groups in total. The number of ketones is 1. The molecule has 0 spiro atoms. The van der Waals surface area contributed by atoms with Gasteiger partial charge in [-0.15, -0.1) is 0 Å². The smallest absolute Gasteiger partial charge is 0.340 e. The molecule has 0 bridgehead atoms. The van der Waals surface area contributed by atoms with Gasteiger partial charge in [0.25, 0.3) is 5.91 Å². The van der Waals surface area contributed by atoms with Gasteiger partial charge in [-0.25, -0.2) is 9.18 Å². The number of carbonyl (C=O) groups is 3. The van der Waals surface area contributed by atoms with Crippen molar-refractivity contribution in [2.75, 3.05) is 18.7 Å². The van der Waals surface area contributed by atoms with Gasteiger partial charge in [-0.2, -0.15) is 0 Å². The molecule has 4 rings (SSSR count). The lowest BCUT2D eigenvalue weighted by Crippen LogP contribution is -2.22. The van der Waals surface area contributed by atoms with Gasteiger partial charge in [-0.1, -0.05) is 0 Å². The number of nitrogens with zero attached hydrogens (tertiary/aromatic N) is 1. The standard InChI is InChI=1S/C24H21FN2O6/c1-13-8-18(14(2)27(13)17-6-4-16(25)5-7-17)24(30)31-11-23(29)26-20-10-22-21(32-12-33-22)9-19(20)15(3)28/h4-10H,11-12H2,1-3H3,(H,26,29). The molecule has 1 amide bonds. The number of hydrogen-bond acceptors (Lipinski definition) is 6. The average Bonchev–Trinajstić information content (AvgIpc) is 3.35. The second-order valence-electron chi connectivity index (χ2n) is 7.53. The zero-order valence-corrected chi connectivity index (χ0v) is 18.2. The van der Waals surface area contributed by atoms with Gasteiger partial charge in [0.2, 0.25) is 6.79 Å². The molecule has 2 heterocycles. The van der Waals surface area contributed by atoms with E-state index in [-0.39, 0.29) is 35.2 Å². The highest BCUT2D eigenvalue weighted by molar-refractivity contribution is 6.05. The van der Waals surface area contributed by atoms with Crippen LogP contribution in [-0.4, -0.2) is 35.6 Å². The highest BCUT2D eigenvalue weighted by atomic mass is 19.1. The number of amides is 1. The van der Waals surface area contributed by atoms with E-state index in [0.717, 1.165) is 5.69 Å². The molecule has 0 saturated carbocycles. The number of aryl methyl sites for hydroxylation is 1. The Kier molecular flexibility index (Phi) is 5.87. The zero-order valence-electron chi connectivity index (χ0n) is 18.2. The van der Waals surface area contributed by atoms with Crippen LogP contribution in [0, 0.1) is 19.7 Å². The number of Topliss-reactive ketones (excluding diaryl/α,β-unsaturated/α-hetero) is 1. The summed E-state index contributed by atoms with van der Waals surface area (Å²) in [7, 11) is 0. The summed E-state index contributed by atoms with van der Waals surface area (Å²) in [5.41, 5.74) is 2.82. The molecule has 0 radical (unpaired) electrons. The number of esters is 1. The maximum absolute atomic E-state index is 13.3. The number of anilines is 1. The fourth-order valence-electron chi connectivity index (χ4n) is 3.69. The van der Waals surface area contributed by atoms with Crippen LogP contribution < -0.4 is 14.8 Å². The maximum atomic E-state index is 13.3. The molecular weight excluding hydrogens is 431 g/mol. The van der Waals surface area contributed by atoms with E-state index in [4.69, 9.17) is 14.2 Å². The van der Waals surface area contributed by atoms with Gasteiger partial charge >= 0.3 is 5.97 Å². The molecule has 0 saturated heterocycles. The summed E-state index contributed by atoms with van der Waals surface area (Å²) >= 11 is 0. The summed E-state index contributed by atoms with van der Waals surface area (Å²) < 4.78 is 30.8. The van der Waals surface area contributed by atoms with Gasteiger partial charge in [-0.3, -0.25) is 9.59 Å². The van der Waals surface area contributed by atoms with Gasteiger partial charge < -0.3 is 24.1 Å². The maximum Gasteiger partial charge on any atom is 0.340 e. The first-order chi connectivity index (χ1) is 15.7. The SMILES string of the molecule is CC(=O)c1cc2c(cc1NC(=O)COC(=O)c1cc(C)n(-c3ccc(F)cc3)c1C)OCO2. The van der Waals surface area contributed by atoms with E-state index in [2.05, 4.69) is 5.32 Å². The highest BCUT2D eigenvalue weighted by Gasteiger charge is 2.22. The number of rotatable bonds is 6. The molecule has 33 heavy (non-hydrogen) atoms. The lowest BCUT2D eigenvalue weighted by Gasteiger charge is -2.11. The molecule has 1 aliphatic rings. The Morgan fingerprint density at radius 1 is 1.03 bits per heavy atom. The number of carbonyl (C=O) groups excluding carboxylic acids is 3. The first-order valence-corrected chi connectivity index (χ1v) is 10.1. The second kappa shape index (κ2) is 8.78. The van der Waals surface area contributed by atoms with Crippen LogP contribution in [0.15, 0.2) is 42.5 Å². The van der Waals surface area contributed by atoms with Crippen molar-refractivity contribution in [3.63, 3.8) is 0 Å². The quantitative estimate of drug-likeness (QED) is 0.449. The number of nitrogens with one attached hydrogen (secondary N) is 1. The van der Waals surface area contributed by atoms with Gasteiger partial charge in [0.1, 0.15) is 5.82 Å². The van der Waals surface area contributed by atoms with Crippen LogP contribution >= 0.6 is 0 Å². The number of aromatic nitrogens is 1. The highest BCUT2D eigenvalue weighted by Crippen LogP contribution is 2.37. The summed E-state index contributed by atoms with van der Waals surface area (Å²) in [6.07, 6.45) is 0. The number of benzene rings is 2. The molecule has 2 aromatic carbocycles. The summed E-state index contributed by atoms with van der Waals surface area (Å²) in [6.45, 7) is 4.38. The Bertz CT molecular complexity index is 1260. The van der Waals surface area contributed by atoms with Gasteiger partial charge in [0.15, 0.2) is 23.9 Å². The predicted octanol–water partition coefficient (Wildman–Crippen LogP) is 3.96. The molecule has 0 unspecified atom stereocenters. The third-order valence-electron chi connectivity index (χ3n) is 5.24. The van der Waals surface area contributed by atoms with E-state index in [1.54, 1.807) is 29.7 Å². The van der Waals surface area contributed by atoms with Crippen LogP contribution in [-0.2, 0) is 9.53 Å². The molecule has 170 valence electrons. The topological polar surface area (TPSA) is 95.9 Å². The van der Waals surface area contributed by atoms with Crippen LogP contribution in [0.4, 0.5) is 10.1 Å². The molecule has 0 fully saturated rings. The van der Waals surface area contributed by atoms with Crippen molar-refractivity contribution in [3.05, 3.63) is 70.8 Å². The summed E-state index contributed by atoms with van der Waals surface area (Å²) in [5.74, 6) is -1.10. The Hall–Kier alpha value is -4.14. The monoisotopic (exact) mass is 452 g/mol. The zero-order chi connectivity index (χ0) is 23.7. The molecule has 3 aromatic rings. The lowest BCUT2D eigenvalue weighted by molar-refractivity contribution is -0.119. The normalized spacial score (nSPS) is 11.9. The summed E-state index contributed by atoms with van der Waals surface area (Å²) in [4.78, 5) is 37.0. The Labute approximate surface area is 188 Å². The molecule has 8 nitrogen and oxygen atoms in total. The first-order valence-electron chi connectivity index (χ1n) is 10.1. The molecular formula is C24H21FN2O6. The van der Waals surface area contributed by atoms with Crippen LogP contribution in [0.25, 0.3) is 5.69 Å². The van der Waals surface area contributed by atoms with Gasteiger partial charge in [0, 0.05) is 28.7 Å². The van der Waals surface area contributed by atoms with Crippen molar-refractivity contribution in [1.82, 2.24) is 4.57 Å². The minimum absolute atomic E-state index is 0.0258. The molecule has 0 atom stereocenters. The van der Waals surface area contributed by atoms with Crippen molar-refractivity contribution >= 4 is 23.3 Å². The molecule has 1 aromatic heterocycles. The fraction of sp³-hybridized carbons (Fsp3) is 0.208. The van der Waals surface area contributed by atoms with Crippen LogP contribution in [0.5, 0.6) is 11.5 Å². The van der Waals surface area contributed by atoms with E-state index in [1.165, 1.54) is 31.2 Å². The molecule has 0 aliphatic carbocycles. The number of halogens is 1. The third-order valence-corrected chi connectivity index (χ3v) is 5.24. The van der Waals surface area contributed by atoms with E-state index in [9.17, 15) is 18.8 Å². The predicted molar refractivity (Wildman–Crippen MR) is 117 cm³/mol. The summed E-state index contributed by atoms with van der Waals surface area (Å²) in [5, 5.41) is 2.58. The minimum Gasteiger partial charge on any atom is -0.454 e. The minimum atomic E-state index is -0.677. The van der Waals surface area contributed by atoms with E-state index in [1.807, 2.05) is 6.92 Å². The van der Waals surface area contributed by atoms with Crippen molar-refractivity contribution in [2.45, 2.75) is 20.8 Å². The van der Waals surface area contributed by atoms with Crippen LogP contribution in [0.2, 0.25) is 0 Å². The largest absolute Gasteiger partial charge is 0.454 e. The van der Waals surface area contributed by atoms with Gasteiger partial charge in [-0.05, 0) is 57.2 Å². The Balaban J connectivity index is 1.46. The first kappa shape index (κ1) is 22.1. The second-order valence-corrected chi connectivity index (χ2v) is 7.53. The average molecular weight is 452 g/mol. The van der Waals surface area contributed by atoms with Crippen molar-refractivity contribution < 1.29 is 33.0 Å².